The number of hydrogen-bond acceptors (Lipinski definition) is 6. The summed E-state index contributed by atoms with van der Waals surface area (Å²) in [6, 6.07) is 2.45. The molecule has 0 fully saturated rings. The number of carbonyl (C=O) groups excluding carboxylic acids is 1. The molecule has 0 aliphatic heterocycles. The minimum Gasteiger partial charge on any atom is -0.462 e. The lowest BCUT2D eigenvalue weighted by Crippen LogP contribution is -2.14. The second-order valence-electron chi connectivity index (χ2n) is 4.23. The normalized spacial score (nSPS) is 10.4. The van der Waals surface area contributed by atoms with Gasteiger partial charge in [0.15, 0.2) is 0 Å². The lowest BCUT2D eigenvalue weighted by molar-refractivity contribution is 0.0527. The molecule has 0 atom stereocenters. The van der Waals surface area contributed by atoms with Crippen LogP contribution in [0.15, 0.2) is 24.5 Å². The van der Waals surface area contributed by atoms with Gasteiger partial charge in [0, 0.05) is 18.4 Å². The van der Waals surface area contributed by atoms with E-state index in [9.17, 15) is 9.18 Å². The Morgan fingerprint density at radius 3 is 3.00 bits per heavy atom. The number of nitrogen functional groups attached to an aromatic ring is 1. The number of ether oxygens (including phenoxy) is 1. The first-order chi connectivity index (χ1) is 10.1. The molecule has 0 spiro atoms. The molecule has 0 bridgehead atoms. The van der Waals surface area contributed by atoms with Crippen molar-refractivity contribution in [2.75, 3.05) is 24.2 Å². The summed E-state index contributed by atoms with van der Waals surface area (Å²) in [5, 5.41) is 10.3. The lowest BCUT2D eigenvalue weighted by atomic mass is 10.1. The van der Waals surface area contributed by atoms with Gasteiger partial charge < -0.3 is 15.8 Å². The van der Waals surface area contributed by atoms with Crippen molar-refractivity contribution in [2.45, 2.75) is 13.5 Å². The number of rotatable bonds is 6. The molecule has 3 N–H and O–H groups in total. The molecule has 2 aromatic rings. The number of benzene rings is 1. The molecule has 1 aromatic carbocycles. The highest BCUT2D eigenvalue weighted by Gasteiger charge is 2.15. The maximum Gasteiger partial charge on any atom is 0.340 e. The van der Waals surface area contributed by atoms with Crippen LogP contribution >= 0.6 is 0 Å². The van der Waals surface area contributed by atoms with Gasteiger partial charge in [0.05, 0.1) is 30.6 Å². The maximum atomic E-state index is 13.8. The zero-order valence-electron chi connectivity index (χ0n) is 11.5. The Morgan fingerprint density at radius 1 is 1.52 bits per heavy atom. The molecule has 8 heteroatoms. The van der Waals surface area contributed by atoms with Crippen molar-refractivity contribution in [3.63, 3.8) is 0 Å². The summed E-state index contributed by atoms with van der Waals surface area (Å²) >= 11 is 0. The molecule has 2 rings (SSSR count). The Bertz CT molecular complexity index is 615. The maximum absolute atomic E-state index is 13.8. The van der Waals surface area contributed by atoms with Crippen LogP contribution in [0.5, 0.6) is 0 Å². The zero-order chi connectivity index (χ0) is 15.2. The minimum absolute atomic E-state index is 0.0489. The van der Waals surface area contributed by atoms with Crippen LogP contribution in [0, 0.1) is 5.82 Å². The van der Waals surface area contributed by atoms with Gasteiger partial charge in [-0.1, -0.05) is 5.21 Å². The zero-order valence-corrected chi connectivity index (χ0v) is 11.5. The van der Waals surface area contributed by atoms with E-state index in [0.29, 0.717) is 13.1 Å². The molecule has 1 heterocycles. The van der Waals surface area contributed by atoms with E-state index in [1.807, 2.05) is 0 Å². The fraction of sp³-hybridized carbons (Fsp3) is 0.308. The SMILES string of the molecule is CCOC(=O)c1cc(NCCn2ccnn2)c(F)cc1N. The number of anilines is 2. The third-order valence-corrected chi connectivity index (χ3v) is 2.76. The number of aromatic nitrogens is 3. The largest absolute Gasteiger partial charge is 0.462 e. The summed E-state index contributed by atoms with van der Waals surface area (Å²) in [5.74, 6) is -1.10. The summed E-state index contributed by atoms with van der Waals surface area (Å²) in [6.07, 6.45) is 3.26. The fourth-order valence-electron chi connectivity index (χ4n) is 1.77. The predicted molar refractivity (Wildman–Crippen MR) is 75.3 cm³/mol. The van der Waals surface area contributed by atoms with E-state index in [1.165, 1.54) is 6.07 Å². The first-order valence-electron chi connectivity index (χ1n) is 6.46. The number of hydrogen-bond donors (Lipinski definition) is 2. The second kappa shape index (κ2) is 6.69. The quantitative estimate of drug-likeness (QED) is 0.615. The summed E-state index contributed by atoms with van der Waals surface area (Å²) in [7, 11) is 0. The van der Waals surface area contributed by atoms with Crippen molar-refractivity contribution in [2.24, 2.45) is 0 Å². The average Bonchev–Trinajstić information content (AvgIpc) is 2.94. The van der Waals surface area contributed by atoms with E-state index < -0.39 is 11.8 Å². The molecule has 0 saturated heterocycles. The number of carbonyl (C=O) groups is 1. The molecule has 7 nitrogen and oxygen atoms in total. The van der Waals surface area contributed by atoms with Gasteiger partial charge in [0.2, 0.25) is 0 Å². The van der Waals surface area contributed by atoms with Crippen molar-refractivity contribution in [1.29, 1.82) is 0 Å². The topological polar surface area (TPSA) is 95.1 Å². The smallest absolute Gasteiger partial charge is 0.340 e. The molecule has 21 heavy (non-hydrogen) atoms. The van der Waals surface area contributed by atoms with E-state index in [2.05, 4.69) is 15.6 Å². The Labute approximate surface area is 120 Å². The van der Waals surface area contributed by atoms with Crippen molar-refractivity contribution >= 4 is 17.3 Å². The Morgan fingerprint density at radius 2 is 2.33 bits per heavy atom. The van der Waals surface area contributed by atoms with Crippen LogP contribution in [0.1, 0.15) is 17.3 Å². The third kappa shape index (κ3) is 3.68. The van der Waals surface area contributed by atoms with Crippen molar-refractivity contribution in [1.82, 2.24) is 15.0 Å². The molecule has 0 aliphatic rings. The van der Waals surface area contributed by atoms with Crippen LogP contribution in [0.2, 0.25) is 0 Å². The number of halogens is 1. The molecule has 112 valence electrons. The molecule has 0 unspecified atom stereocenters. The molecular weight excluding hydrogens is 277 g/mol. The van der Waals surface area contributed by atoms with E-state index in [-0.39, 0.29) is 23.5 Å². The lowest BCUT2D eigenvalue weighted by Gasteiger charge is -2.11. The Kier molecular flexibility index (Phi) is 4.70. The van der Waals surface area contributed by atoms with Crippen LogP contribution < -0.4 is 11.1 Å². The van der Waals surface area contributed by atoms with E-state index >= 15 is 0 Å². The van der Waals surface area contributed by atoms with Gasteiger partial charge in [0.25, 0.3) is 0 Å². The van der Waals surface area contributed by atoms with Gasteiger partial charge in [-0.05, 0) is 19.1 Å². The van der Waals surface area contributed by atoms with E-state index in [1.54, 1.807) is 24.0 Å². The molecule has 0 aliphatic carbocycles. The predicted octanol–water partition coefficient (Wildman–Crippen LogP) is 1.29. The molecule has 0 amide bonds. The average molecular weight is 293 g/mol. The van der Waals surface area contributed by atoms with Crippen LogP contribution in [0.25, 0.3) is 0 Å². The van der Waals surface area contributed by atoms with Crippen molar-refractivity contribution in [3.05, 3.63) is 35.9 Å². The van der Waals surface area contributed by atoms with E-state index in [0.717, 1.165) is 6.07 Å². The standard InChI is InChI=1S/C13H16FN5O2/c1-2-21-13(20)9-7-12(10(14)8-11(9)15)16-3-5-19-6-4-17-18-19/h4,6-8,16H,2-3,5,15H2,1H3. The van der Waals surface area contributed by atoms with Gasteiger partial charge in [-0.3, -0.25) is 4.68 Å². The van der Waals surface area contributed by atoms with Crippen LogP contribution in [-0.2, 0) is 11.3 Å². The third-order valence-electron chi connectivity index (χ3n) is 2.76. The highest BCUT2D eigenvalue weighted by atomic mass is 19.1. The monoisotopic (exact) mass is 293 g/mol. The second-order valence-corrected chi connectivity index (χ2v) is 4.23. The molecular formula is C13H16FN5O2. The van der Waals surface area contributed by atoms with Gasteiger partial charge >= 0.3 is 5.97 Å². The summed E-state index contributed by atoms with van der Waals surface area (Å²) in [6.45, 7) is 2.85. The van der Waals surface area contributed by atoms with Crippen LogP contribution in [0.4, 0.5) is 15.8 Å². The first kappa shape index (κ1) is 14.8. The molecule has 0 saturated carbocycles. The molecule has 1 aromatic heterocycles. The van der Waals surface area contributed by atoms with Gasteiger partial charge in [0.1, 0.15) is 5.82 Å². The highest BCUT2D eigenvalue weighted by molar-refractivity contribution is 5.96. The highest BCUT2D eigenvalue weighted by Crippen LogP contribution is 2.23. The van der Waals surface area contributed by atoms with Gasteiger partial charge in [-0.2, -0.15) is 0 Å². The van der Waals surface area contributed by atoms with Crippen LogP contribution in [0.3, 0.4) is 0 Å². The Hall–Kier alpha value is -2.64. The van der Waals surface area contributed by atoms with Gasteiger partial charge in [-0.25, -0.2) is 9.18 Å². The summed E-state index contributed by atoms with van der Waals surface area (Å²) < 4.78 is 20.3. The van der Waals surface area contributed by atoms with E-state index in [4.69, 9.17) is 10.5 Å². The Balaban J connectivity index is 2.07. The van der Waals surface area contributed by atoms with Gasteiger partial charge in [-0.15, -0.1) is 5.10 Å². The van der Waals surface area contributed by atoms with Crippen molar-refractivity contribution in [3.8, 4) is 0 Å². The van der Waals surface area contributed by atoms with Crippen LogP contribution in [-0.4, -0.2) is 34.1 Å². The number of nitrogens with two attached hydrogens (primary N) is 1. The molecule has 0 radical (unpaired) electrons. The number of nitrogens with zero attached hydrogens (tertiary/aromatic N) is 3. The summed E-state index contributed by atoms with van der Waals surface area (Å²) in [5.41, 5.74) is 6.01. The minimum atomic E-state index is -0.575. The summed E-state index contributed by atoms with van der Waals surface area (Å²) in [4.78, 5) is 11.7. The fourth-order valence-corrected chi connectivity index (χ4v) is 1.77. The first-order valence-corrected chi connectivity index (χ1v) is 6.46. The number of nitrogens with one attached hydrogen (secondary N) is 1. The van der Waals surface area contributed by atoms with Crippen molar-refractivity contribution < 1.29 is 13.9 Å². The number of esters is 1.